The van der Waals surface area contributed by atoms with Gasteiger partial charge in [-0.05, 0) is 67.0 Å². The minimum Gasteiger partial charge on any atom is -0.294 e. The summed E-state index contributed by atoms with van der Waals surface area (Å²) >= 11 is 5.77. The van der Waals surface area contributed by atoms with Gasteiger partial charge in [0.15, 0.2) is 5.78 Å². The molecule has 2 atom stereocenters. The van der Waals surface area contributed by atoms with Crippen LogP contribution in [0.5, 0.6) is 0 Å². The maximum absolute atomic E-state index is 14.5. The van der Waals surface area contributed by atoms with Crippen LogP contribution in [0.15, 0.2) is 35.9 Å². The van der Waals surface area contributed by atoms with Crippen LogP contribution < -0.4 is 0 Å². The van der Waals surface area contributed by atoms with E-state index in [9.17, 15) is 13.6 Å². The molecule has 0 heterocycles. The maximum atomic E-state index is 14.5. The van der Waals surface area contributed by atoms with E-state index in [1.165, 1.54) is 0 Å². The lowest BCUT2D eigenvalue weighted by atomic mass is 9.85. The number of carbonyl (C=O) groups is 1. The monoisotopic (exact) mass is 402 g/mol. The molecule has 0 aliphatic heterocycles. The van der Waals surface area contributed by atoms with Crippen LogP contribution in [0.3, 0.4) is 0 Å². The van der Waals surface area contributed by atoms with Crippen LogP contribution in [0.4, 0.5) is 8.78 Å². The molecule has 1 nitrogen and oxygen atoms in total. The Bertz CT molecular complexity index is 938. The third kappa shape index (κ3) is 3.77. The highest BCUT2D eigenvalue weighted by atomic mass is 35.5. The van der Waals surface area contributed by atoms with E-state index in [1.54, 1.807) is 12.1 Å². The fourth-order valence-electron chi connectivity index (χ4n) is 3.97. The zero-order chi connectivity index (χ0) is 20.6. The number of hydrogen-bond acceptors (Lipinski definition) is 1. The summed E-state index contributed by atoms with van der Waals surface area (Å²) in [6.45, 7) is 8.12. The summed E-state index contributed by atoms with van der Waals surface area (Å²) in [4.78, 5) is 13.2. The first-order valence-corrected chi connectivity index (χ1v) is 10.2. The van der Waals surface area contributed by atoms with Gasteiger partial charge in [-0.25, -0.2) is 8.78 Å². The lowest BCUT2D eigenvalue weighted by Gasteiger charge is -2.18. The third-order valence-electron chi connectivity index (χ3n) is 5.92. The number of ketones is 1. The molecule has 2 aromatic carbocycles. The van der Waals surface area contributed by atoms with E-state index in [-0.39, 0.29) is 22.3 Å². The molecule has 0 fully saturated rings. The Kier molecular flexibility index (Phi) is 6.04. The Labute approximate surface area is 170 Å². The first-order valence-electron chi connectivity index (χ1n) is 9.77. The van der Waals surface area contributed by atoms with Crippen molar-refractivity contribution in [3.05, 3.63) is 63.7 Å². The first-order chi connectivity index (χ1) is 13.2. The molecule has 2 aromatic rings. The van der Waals surface area contributed by atoms with Gasteiger partial charge in [0, 0.05) is 16.5 Å². The number of benzene rings is 2. The topological polar surface area (TPSA) is 17.1 Å². The fourth-order valence-corrected chi connectivity index (χ4v) is 4.16. The predicted octanol–water partition coefficient (Wildman–Crippen LogP) is 7.26. The number of aryl methyl sites for hydroxylation is 1. The highest BCUT2D eigenvalue weighted by Gasteiger charge is 2.29. The van der Waals surface area contributed by atoms with Crippen LogP contribution in [0, 0.1) is 23.5 Å². The van der Waals surface area contributed by atoms with Crippen molar-refractivity contribution in [1.29, 1.82) is 0 Å². The quantitative estimate of drug-likeness (QED) is 0.528. The molecule has 1 aliphatic rings. The number of halogens is 3. The molecule has 1 unspecified atom stereocenters. The fraction of sp³-hybridized carbons (Fsp3) is 0.375. The molecule has 0 amide bonds. The van der Waals surface area contributed by atoms with Gasteiger partial charge in [-0.2, -0.15) is 0 Å². The molecule has 28 heavy (non-hydrogen) atoms. The van der Waals surface area contributed by atoms with E-state index in [0.29, 0.717) is 17.1 Å². The predicted molar refractivity (Wildman–Crippen MR) is 111 cm³/mol. The summed E-state index contributed by atoms with van der Waals surface area (Å²) in [6, 6.07) is 7.56. The van der Waals surface area contributed by atoms with E-state index >= 15 is 0 Å². The van der Waals surface area contributed by atoms with Crippen molar-refractivity contribution in [1.82, 2.24) is 0 Å². The summed E-state index contributed by atoms with van der Waals surface area (Å²) in [6.07, 6.45) is 2.54. The normalized spacial score (nSPS) is 20.5. The van der Waals surface area contributed by atoms with E-state index in [2.05, 4.69) is 6.92 Å². The van der Waals surface area contributed by atoms with Gasteiger partial charge in [0.05, 0.1) is 5.56 Å². The molecule has 0 saturated heterocycles. The second-order valence-electron chi connectivity index (χ2n) is 7.77. The molecule has 0 bridgehead atoms. The van der Waals surface area contributed by atoms with Crippen LogP contribution in [-0.4, -0.2) is 5.78 Å². The largest absolute Gasteiger partial charge is 0.294 e. The summed E-state index contributed by atoms with van der Waals surface area (Å²) in [7, 11) is 0. The van der Waals surface area contributed by atoms with E-state index in [4.69, 9.17) is 11.6 Å². The van der Waals surface area contributed by atoms with Gasteiger partial charge >= 0.3 is 0 Å². The van der Waals surface area contributed by atoms with Crippen molar-refractivity contribution in [3.63, 3.8) is 0 Å². The number of hydrogen-bond donors (Lipinski definition) is 0. The Balaban J connectivity index is 2.26. The number of rotatable bonds is 3. The smallest absolute Gasteiger partial charge is 0.166 e. The molecule has 0 saturated carbocycles. The molecule has 0 N–H and O–H groups in total. The second kappa shape index (κ2) is 8.16. The summed E-state index contributed by atoms with van der Waals surface area (Å²) in [5.41, 5.74) is 3.86. The highest BCUT2D eigenvalue weighted by Crippen LogP contribution is 2.38. The van der Waals surface area contributed by atoms with Crippen LogP contribution in [-0.2, 0) is 11.2 Å². The van der Waals surface area contributed by atoms with Crippen molar-refractivity contribution >= 4 is 23.0 Å². The third-order valence-corrected chi connectivity index (χ3v) is 6.13. The average molecular weight is 403 g/mol. The van der Waals surface area contributed by atoms with Gasteiger partial charge in [0.25, 0.3) is 0 Å². The summed E-state index contributed by atoms with van der Waals surface area (Å²) in [5, 5.41) is 0.0179. The molecule has 1 aliphatic carbocycles. The molecule has 3 rings (SSSR count). The molecule has 4 heteroatoms. The minimum absolute atomic E-state index is 0.0179. The van der Waals surface area contributed by atoms with Crippen LogP contribution >= 0.6 is 11.6 Å². The molecular weight excluding hydrogens is 378 g/mol. The minimum atomic E-state index is -0.708. The summed E-state index contributed by atoms with van der Waals surface area (Å²) in [5.74, 6) is -1.07. The van der Waals surface area contributed by atoms with Crippen molar-refractivity contribution in [3.8, 4) is 11.1 Å². The Hall–Kier alpha value is -2.00. The van der Waals surface area contributed by atoms with Crippen LogP contribution in [0.1, 0.15) is 51.7 Å². The van der Waals surface area contributed by atoms with Crippen molar-refractivity contribution in [2.45, 2.75) is 47.0 Å². The number of carbonyl (C=O) groups excluding carboxylic acids is 1. The lowest BCUT2D eigenvalue weighted by molar-refractivity contribution is -0.116. The molecule has 0 aromatic heterocycles. The first kappa shape index (κ1) is 20.7. The average Bonchev–Trinajstić information content (AvgIpc) is 2.73. The van der Waals surface area contributed by atoms with Crippen molar-refractivity contribution in [2.24, 2.45) is 11.8 Å². The van der Waals surface area contributed by atoms with Gasteiger partial charge in [-0.15, -0.1) is 0 Å². The van der Waals surface area contributed by atoms with Crippen molar-refractivity contribution in [2.75, 3.05) is 0 Å². The van der Waals surface area contributed by atoms with Gasteiger partial charge in [0.1, 0.15) is 11.6 Å². The zero-order valence-corrected chi connectivity index (χ0v) is 17.5. The van der Waals surface area contributed by atoms with E-state index in [0.717, 1.165) is 48.1 Å². The molecule has 148 valence electrons. The van der Waals surface area contributed by atoms with Crippen molar-refractivity contribution < 1.29 is 13.6 Å². The Morgan fingerprint density at radius 3 is 2.25 bits per heavy atom. The van der Waals surface area contributed by atoms with E-state index in [1.807, 2.05) is 26.8 Å². The van der Waals surface area contributed by atoms with Gasteiger partial charge < -0.3 is 0 Å². The molecule has 0 spiro atoms. The SMILES string of the molecule is CCc1ccc(-c2c(F)cc(Cl)cc2F)cc1C1=C(C)[C@H](C)CCC(C)C1=O. The molecule has 0 radical (unpaired) electrons. The number of allylic oxidation sites excluding steroid dienone is 2. The van der Waals surface area contributed by atoms with E-state index < -0.39 is 11.6 Å². The molecular formula is C24H25ClF2O. The standard InChI is InChI=1S/C24H25ClF2O/c1-5-16-8-9-17(23-20(26)11-18(25)12-21(23)27)10-19(16)22-15(4)13(2)6-7-14(3)24(22)28/h8-14H,5-7H2,1-4H3/t13-,14?/m1/s1. The highest BCUT2D eigenvalue weighted by molar-refractivity contribution is 6.30. The lowest BCUT2D eigenvalue weighted by Crippen LogP contribution is -2.13. The summed E-state index contributed by atoms with van der Waals surface area (Å²) < 4.78 is 29.0. The van der Waals surface area contributed by atoms with Gasteiger partial charge in [-0.3, -0.25) is 4.79 Å². The zero-order valence-electron chi connectivity index (χ0n) is 16.7. The van der Waals surface area contributed by atoms with Crippen LogP contribution in [0.25, 0.3) is 16.7 Å². The number of Topliss-reactive ketones (excluding diaryl/α,β-unsaturated/α-hetero) is 1. The maximum Gasteiger partial charge on any atom is 0.166 e. The van der Waals surface area contributed by atoms with Gasteiger partial charge in [0.2, 0.25) is 0 Å². The Morgan fingerprint density at radius 2 is 1.64 bits per heavy atom. The second-order valence-corrected chi connectivity index (χ2v) is 8.21. The Morgan fingerprint density at radius 1 is 1.04 bits per heavy atom. The van der Waals surface area contributed by atoms with Gasteiger partial charge in [-0.1, -0.05) is 50.1 Å². The van der Waals surface area contributed by atoms with Crippen LogP contribution in [0.2, 0.25) is 5.02 Å².